The monoisotopic (exact) mass is 433 g/mol. The van der Waals surface area contributed by atoms with Crippen molar-refractivity contribution in [3.63, 3.8) is 0 Å². The number of nitrogen functional groups attached to an aromatic ring is 1. The van der Waals surface area contributed by atoms with Crippen LogP contribution in [-0.4, -0.2) is 48.3 Å². The second-order valence-corrected chi connectivity index (χ2v) is 6.17. The van der Waals surface area contributed by atoms with Crippen molar-refractivity contribution in [2.75, 3.05) is 38.5 Å². The number of aromatic nitrogens is 3. The second-order valence-electron chi connectivity index (χ2n) is 6.17. The average Bonchev–Trinajstić information content (AvgIpc) is 3.11. The third-order valence-corrected chi connectivity index (χ3v) is 4.11. The van der Waals surface area contributed by atoms with Gasteiger partial charge in [0.25, 0.3) is 5.91 Å². The number of amides is 1. The molecule has 2 aromatic carbocycles. The Bertz CT molecular complexity index is 991. The van der Waals surface area contributed by atoms with Gasteiger partial charge in [-0.1, -0.05) is 0 Å². The summed E-state index contributed by atoms with van der Waals surface area (Å²) in [6, 6.07) is 12.3. The van der Waals surface area contributed by atoms with Crippen molar-refractivity contribution in [1.29, 1.82) is 0 Å². The molecule has 0 radical (unpaired) electrons. The molecule has 1 heterocycles. The highest BCUT2D eigenvalue weighted by atomic mass is 35.5. The first-order valence-electron chi connectivity index (χ1n) is 8.93. The predicted molar refractivity (Wildman–Crippen MR) is 116 cm³/mol. The Morgan fingerprint density at radius 3 is 2.47 bits per heavy atom. The highest BCUT2D eigenvalue weighted by molar-refractivity contribution is 6.03. The molecule has 0 aliphatic heterocycles. The smallest absolute Gasteiger partial charge is 0.278 e. The zero-order valence-corrected chi connectivity index (χ0v) is 17.7. The molecule has 0 bridgehead atoms. The van der Waals surface area contributed by atoms with E-state index in [9.17, 15) is 4.79 Å². The first-order valence-corrected chi connectivity index (χ1v) is 8.93. The lowest BCUT2D eigenvalue weighted by Crippen LogP contribution is -2.14. The zero-order valence-electron chi connectivity index (χ0n) is 16.9. The molecule has 0 aliphatic rings. The molecule has 30 heavy (non-hydrogen) atoms. The third-order valence-electron chi connectivity index (χ3n) is 4.11. The maximum Gasteiger partial charge on any atom is 0.278 e. The topological polar surface area (TPSA) is 114 Å². The molecule has 9 nitrogen and oxygen atoms in total. The molecule has 0 fully saturated rings. The van der Waals surface area contributed by atoms with Crippen LogP contribution in [0.3, 0.4) is 0 Å². The molecule has 3 rings (SSSR count). The van der Waals surface area contributed by atoms with Crippen LogP contribution >= 0.6 is 12.4 Å². The van der Waals surface area contributed by atoms with Crippen molar-refractivity contribution < 1.29 is 19.0 Å². The summed E-state index contributed by atoms with van der Waals surface area (Å²) in [7, 11) is 3.15. The molecule has 0 unspecified atom stereocenters. The van der Waals surface area contributed by atoms with Crippen LogP contribution in [0.2, 0.25) is 0 Å². The number of carbonyl (C=O) groups excluding carboxylic acids is 1. The number of carbonyl (C=O) groups is 1. The van der Waals surface area contributed by atoms with Gasteiger partial charge in [-0.3, -0.25) is 4.79 Å². The number of anilines is 2. The van der Waals surface area contributed by atoms with Gasteiger partial charge >= 0.3 is 0 Å². The largest absolute Gasteiger partial charge is 0.495 e. The Morgan fingerprint density at radius 1 is 1.10 bits per heavy atom. The number of hydrogen-bond acceptors (Lipinski definition) is 7. The Kier molecular flexibility index (Phi) is 8.02. The molecule has 0 atom stereocenters. The van der Waals surface area contributed by atoms with Crippen molar-refractivity contribution in [3.05, 3.63) is 53.9 Å². The van der Waals surface area contributed by atoms with Gasteiger partial charge in [0.2, 0.25) is 0 Å². The third kappa shape index (κ3) is 5.40. The lowest BCUT2D eigenvalue weighted by Gasteiger charge is -2.08. The number of aryl methyl sites for hydroxylation is 1. The fourth-order valence-corrected chi connectivity index (χ4v) is 2.63. The molecular formula is C20H24ClN5O4. The normalized spacial score (nSPS) is 10.2. The van der Waals surface area contributed by atoms with Crippen LogP contribution in [0.15, 0.2) is 42.5 Å². The van der Waals surface area contributed by atoms with Gasteiger partial charge in [0.15, 0.2) is 5.69 Å². The van der Waals surface area contributed by atoms with Gasteiger partial charge in [-0.2, -0.15) is 9.90 Å². The number of nitrogens with two attached hydrogens (primary N) is 1. The fourth-order valence-electron chi connectivity index (χ4n) is 2.63. The van der Waals surface area contributed by atoms with Gasteiger partial charge in [-0.25, -0.2) is 0 Å². The number of nitrogens with zero attached hydrogens (tertiary/aromatic N) is 3. The van der Waals surface area contributed by atoms with E-state index >= 15 is 0 Å². The standard InChI is InChI=1S/C20H23N5O4.ClH/c1-13-19(20(26)22-14-4-9-18(28-3)17(21)12-14)24-25(23-13)15-5-7-16(8-6-15)29-11-10-27-2;/h4-9,12H,10-11,21H2,1-3H3,(H,22,26);1H. The van der Waals surface area contributed by atoms with Gasteiger partial charge < -0.3 is 25.3 Å². The van der Waals surface area contributed by atoms with Crippen molar-refractivity contribution in [2.45, 2.75) is 6.92 Å². The van der Waals surface area contributed by atoms with E-state index in [1.807, 2.05) is 24.3 Å². The van der Waals surface area contributed by atoms with Crippen LogP contribution in [0, 0.1) is 6.92 Å². The highest BCUT2D eigenvalue weighted by Crippen LogP contribution is 2.25. The number of halogens is 1. The Labute approximate surface area is 180 Å². The summed E-state index contributed by atoms with van der Waals surface area (Å²) in [4.78, 5) is 14.0. The number of hydrogen-bond donors (Lipinski definition) is 2. The average molecular weight is 434 g/mol. The van der Waals surface area contributed by atoms with E-state index in [2.05, 4.69) is 15.5 Å². The number of nitrogens with one attached hydrogen (secondary N) is 1. The second kappa shape index (κ2) is 10.5. The summed E-state index contributed by atoms with van der Waals surface area (Å²) in [6.45, 7) is 2.71. The van der Waals surface area contributed by atoms with Crippen LogP contribution in [0.1, 0.15) is 16.2 Å². The lowest BCUT2D eigenvalue weighted by atomic mass is 10.2. The maximum atomic E-state index is 12.6. The summed E-state index contributed by atoms with van der Waals surface area (Å²) >= 11 is 0. The molecule has 0 aliphatic carbocycles. The first kappa shape index (κ1) is 23.0. The van der Waals surface area contributed by atoms with Crippen LogP contribution < -0.4 is 20.5 Å². The molecule has 0 spiro atoms. The van der Waals surface area contributed by atoms with E-state index in [4.69, 9.17) is 19.9 Å². The minimum atomic E-state index is -0.377. The first-order chi connectivity index (χ1) is 14.0. The van der Waals surface area contributed by atoms with Crippen molar-refractivity contribution in [2.24, 2.45) is 0 Å². The molecule has 0 saturated heterocycles. The quantitative estimate of drug-likeness (QED) is 0.414. The van der Waals surface area contributed by atoms with Crippen molar-refractivity contribution in [3.8, 4) is 17.2 Å². The predicted octanol–water partition coefficient (Wildman–Crippen LogP) is 2.87. The fraction of sp³-hybridized carbons (Fsp3) is 0.250. The number of rotatable bonds is 8. The Morgan fingerprint density at radius 2 is 1.83 bits per heavy atom. The van der Waals surface area contributed by atoms with Crippen LogP contribution in [0.25, 0.3) is 5.69 Å². The summed E-state index contributed by atoms with van der Waals surface area (Å²) in [6.07, 6.45) is 0. The number of benzene rings is 2. The van der Waals surface area contributed by atoms with Crippen LogP contribution in [-0.2, 0) is 4.74 Å². The van der Waals surface area contributed by atoms with Gasteiger partial charge in [-0.15, -0.1) is 17.5 Å². The molecule has 0 saturated carbocycles. The van der Waals surface area contributed by atoms with Crippen LogP contribution in [0.4, 0.5) is 11.4 Å². The molecule has 1 aromatic heterocycles. The van der Waals surface area contributed by atoms with E-state index in [1.54, 1.807) is 32.2 Å². The van der Waals surface area contributed by atoms with Crippen LogP contribution in [0.5, 0.6) is 11.5 Å². The summed E-state index contributed by atoms with van der Waals surface area (Å²) in [5.41, 5.74) is 8.29. The number of methoxy groups -OCH3 is 2. The zero-order chi connectivity index (χ0) is 20.8. The summed E-state index contributed by atoms with van der Waals surface area (Å²) in [5.74, 6) is 0.877. The van der Waals surface area contributed by atoms with Gasteiger partial charge in [0.05, 0.1) is 30.8 Å². The molecular weight excluding hydrogens is 410 g/mol. The van der Waals surface area contributed by atoms with E-state index in [1.165, 1.54) is 11.9 Å². The van der Waals surface area contributed by atoms with Crippen molar-refractivity contribution >= 4 is 29.7 Å². The minimum absolute atomic E-state index is 0. The van der Waals surface area contributed by atoms with E-state index < -0.39 is 0 Å². The highest BCUT2D eigenvalue weighted by Gasteiger charge is 2.17. The number of ether oxygens (including phenoxy) is 3. The van der Waals surface area contributed by atoms with Crippen molar-refractivity contribution in [1.82, 2.24) is 15.0 Å². The minimum Gasteiger partial charge on any atom is -0.495 e. The molecule has 10 heteroatoms. The Balaban J connectivity index is 0.00000320. The van der Waals surface area contributed by atoms with E-state index in [0.29, 0.717) is 47.5 Å². The lowest BCUT2D eigenvalue weighted by molar-refractivity contribution is 0.102. The molecule has 160 valence electrons. The Hall–Kier alpha value is -3.30. The molecule has 1 amide bonds. The molecule has 3 N–H and O–H groups in total. The van der Waals surface area contributed by atoms with Gasteiger partial charge in [0, 0.05) is 12.8 Å². The van der Waals surface area contributed by atoms with Gasteiger partial charge in [-0.05, 0) is 49.4 Å². The maximum absolute atomic E-state index is 12.6. The summed E-state index contributed by atoms with van der Waals surface area (Å²) < 4.78 is 15.6. The molecule has 3 aromatic rings. The van der Waals surface area contributed by atoms with E-state index in [0.717, 1.165) is 0 Å². The SMILES string of the molecule is COCCOc1ccc(-n2nc(C)c(C(=O)Nc3ccc(OC)c(N)c3)n2)cc1.Cl. The summed E-state index contributed by atoms with van der Waals surface area (Å²) in [5, 5.41) is 11.4. The van der Waals surface area contributed by atoms with E-state index in [-0.39, 0.29) is 24.0 Å². The van der Waals surface area contributed by atoms with Gasteiger partial charge in [0.1, 0.15) is 18.1 Å².